The summed E-state index contributed by atoms with van der Waals surface area (Å²) in [5, 5.41) is 32.7. The summed E-state index contributed by atoms with van der Waals surface area (Å²) in [6, 6.07) is 21.0. The molecule has 1 atom stereocenters. The molecule has 6 rings (SSSR count). The van der Waals surface area contributed by atoms with Crippen molar-refractivity contribution in [3.63, 3.8) is 0 Å². The third kappa shape index (κ3) is 7.38. The molecule has 2 amide bonds. The number of amides is 2. The van der Waals surface area contributed by atoms with Gasteiger partial charge in [-0.3, -0.25) is 19.7 Å². The van der Waals surface area contributed by atoms with E-state index in [1.54, 1.807) is 28.4 Å². The van der Waals surface area contributed by atoms with Gasteiger partial charge in [0.2, 0.25) is 5.91 Å². The highest BCUT2D eigenvalue weighted by Crippen LogP contribution is 2.40. The number of likely N-dealkylation sites (tertiary alicyclic amines) is 1. The van der Waals surface area contributed by atoms with Crippen LogP contribution in [0, 0.1) is 10.1 Å². The van der Waals surface area contributed by atoms with Gasteiger partial charge in [-0.05, 0) is 76.6 Å². The van der Waals surface area contributed by atoms with Crippen LogP contribution in [0.4, 0.5) is 11.4 Å². The highest BCUT2D eigenvalue weighted by molar-refractivity contribution is 8.17. The van der Waals surface area contributed by atoms with Crippen LogP contribution in [0.2, 0.25) is 0 Å². The minimum atomic E-state index is -0.594. The first-order chi connectivity index (χ1) is 23.8. The van der Waals surface area contributed by atoms with Crippen molar-refractivity contribution in [2.45, 2.75) is 63.0 Å². The highest BCUT2D eigenvalue weighted by Gasteiger charge is 2.38. The van der Waals surface area contributed by atoms with E-state index in [1.807, 2.05) is 12.1 Å². The van der Waals surface area contributed by atoms with Crippen LogP contribution in [-0.2, 0) is 4.79 Å². The van der Waals surface area contributed by atoms with E-state index in [9.17, 15) is 24.8 Å². The Morgan fingerprint density at radius 1 is 0.980 bits per heavy atom. The van der Waals surface area contributed by atoms with Crippen molar-refractivity contribution in [1.82, 2.24) is 4.90 Å². The number of hydrogen-bond donors (Lipinski definition) is 2. The Kier molecular flexibility index (Phi) is 11.0. The zero-order valence-corrected chi connectivity index (χ0v) is 29.4. The number of phenols is 1. The van der Waals surface area contributed by atoms with E-state index in [0.29, 0.717) is 32.2 Å². The summed E-state index contributed by atoms with van der Waals surface area (Å²) in [6.45, 7) is 4.90. The third-order valence-corrected chi connectivity index (χ3v) is 11.9. The van der Waals surface area contributed by atoms with Crippen molar-refractivity contribution in [2.24, 2.45) is 0 Å². The van der Waals surface area contributed by atoms with E-state index < -0.39 is 10.8 Å². The molecule has 5 aromatic carbocycles. The number of anilines is 1. The lowest BCUT2D eigenvalue weighted by molar-refractivity contribution is -0.385. The first-order valence-electron chi connectivity index (χ1n) is 17.0. The molecule has 1 fully saturated rings. The Morgan fingerprint density at radius 3 is 2.39 bits per heavy atom. The molecule has 0 spiro atoms. The number of unbranched alkanes of at least 4 members (excludes halogenated alkanes) is 2. The average Bonchev–Trinajstić information content (AvgIpc) is 3.59. The van der Waals surface area contributed by atoms with Crippen molar-refractivity contribution >= 4 is 79.0 Å². The molecule has 9 nitrogen and oxygen atoms in total. The second-order valence-electron chi connectivity index (χ2n) is 12.3. The minimum Gasteiger partial charge on any atom is -0.504 e. The number of phenolic OH excluding ortho intramolecular Hbond substituents is 1. The van der Waals surface area contributed by atoms with Crippen molar-refractivity contribution in [3.8, 4) is 11.5 Å². The number of benzene rings is 5. The van der Waals surface area contributed by atoms with E-state index in [-0.39, 0.29) is 45.9 Å². The summed E-state index contributed by atoms with van der Waals surface area (Å²) in [6.07, 6.45) is 3.92. The third-order valence-electron chi connectivity index (χ3n) is 9.15. The van der Waals surface area contributed by atoms with Gasteiger partial charge in [-0.2, -0.15) is 0 Å². The lowest BCUT2D eigenvalue weighted by Crippen LogP contribution is -2.41. The first kappa shape index (κ1) is 34.6. The van der Waals surface area contributed by atoms with E-state index in [4.69, 9.17) is 4.74 Å². The number of carbonyl (C=O) groups excluding carboxylic acids is 2. The molecule has 0 unspecified atom stereocenters. The Morgan fingerprint density at radius 2 is 1.67 bits per heavy atom. The number of nitro groups is 1. The monoisotopic (exact) mass is 699 g/mol. The van der Waals surface area contributed by atoms with Gasteiger partial charge >= 0.3 is 0 Å². The van der Waals surface area contributed by atoms with Crippen molar-refractivity contribution in [3.05, 3.63) is 82.4 Å². The number of carbonyl (C=O) groups is 2. The van der Waals surface area contributed by atoms with Gasteiger partial charge in [-0.1, -0.05) is 62.4 Å². The molecule has 0 radical (unpaired) electrons. The molecular weight excluding hydrogens is 659 g/mol. The van der Waals surface area contributed by atoms with Crippen LogP contribution < -0.4 is 10.1 Å². The van der Waals surface area contributed by atoms with Gasteiger partial charge in [0.25, 0.3) is 11.6 Å². The fourth-order valence-electron chi connectivity index (χ4n) is 6.88. The standard InChI is InChI=1S/C38H41N3O6S2/c1-3-48-38(49-4-2)30-12-9-20-40(30)37(44)28-22-32(42)33(23-31(28)41(45)46)47-21-7-5-6-13-34(43)39-29-19-17-26-15-14-24-10-8-11-25-16-18-27(29)36(26)35(24)25/h8,10-11,14-19,22-23,30,38,42H,3-7,9,12-13,20-21H2,1-2H3,(H,39,43)/t30-/m0/s1. The maximum absolute atomic E-state index is 13.6. The number of thioether (sulfide) groups is 2. The maximum atomic E-state index is 13.6. The maximum Gasteiger partial charge on any atom is 0.286 e. The van der Waals surface area contributed by atoms with Crippen LogP contribution in [0.5, 0.6) is 11.5 Å². The molecule has 2 N–H and O–H groups in total. The topological polar surface area (TPSA) is 122 Å². The van der Waals surface area contributed by atoms with E-state index in [1.165, 1.54) is 22.2 Å². The molecule has 0 aromatic heterocycles. The van der Waals surface area contributed by atoms with Gasteiger partial charge in [0.15, 0.2) is 11.5 Å². The van der Waals surface area contributed by atoms with Crippen LogP contribution in [-0.4, -0.2) is 62.0 Å². The Bertz CT molecular complexity index is 1960. The quantitative estimate of drug-likeness (QED) is 0.0365. The molecule has 256 valence electrons. The summed E-state index contributed by atoms with van der Waals surface area (Å²) < 4.78 is 5.92. The lowest BCUT2D eigenvalue weighted by atomic mass is 9.93. The van der Waals surface area contributed by atoms with Crippen molar-refractivity contribution in [2.75, 3.05) is 30.0 Å². The fourth-order valence-corrected chi connectivity index (χ4v) is 9.75. The normalized spacial score (nSPS) is 14.8. The van der Waals surface area contributed by atoms with Crippen LogP contribution in [0.25, 0.3) is 32.3 Å². The Labute approximate surface area is 294 Å². The SMILES string of the molecule is CCSC(SCC)[C@@H]1CCCN1C(=O)c1cc(O)c(OCCCCCC(=O)Nc2ccc3ccc4cccc5ccc2c3c45)cc1[N+](=O)[O-]. The van der Waals surface area contributed by atoms with Crippen LogP contribution >= 0.6 is 23.5 Å². The smallest absolute Gasteiger partial charge is 0.286 e. The molecule has 1 saturated heterocycles. The van der Waals surface area contributed by atoms with E-state index in [2.05, 4.69) is 61.6 Å². The summed E-state index contributed by atoms with van der Waals surface area (Å²) in [4.78, 5) is 39.7. The van der Waals surface area contributed by atoms with Gasteiger partial charge in [-0.15, -0.1) is 23.5 Å². The summed E-state index contributed by atoms with van der Waals surface area (Å²) in [7, 11) is 0. The zero-order valence-electron chi connectivity index (χ0n) is 27.8. The number of hydrogen-bond acceptors (Lipinski definition) is 8. The molecule has 11 heteroatoms. The average molecular weight is 700 g/mol. The molecular formula is C38H41N3O6S2. The highest BCUT2D eigenvalue weighted by atomic mass is 32.2. The number of aromatic hydroxyl groups is 1. The Balaban J connectivity index is 1.03. The minimum absolute atomic E-state index is 0.0250. The van der Waals surface area contributed by atoms with Gasteiger partial charge in [0.05, 0.1) is 28.2 Å². The second-order valence-corrected chi connectivity index (χ2v) is 15.4. The lowest BCUT2D eigenvalue weighted by Gasteiger charge is -2.31. The van der Waals surface area contributed by atoms with Crippen LogP contribution in [0.3, 0.4) is 0 Å². The van der Waals surface area contributed by atoms with Gasteiger partial charge in [-0.25, -0.2) is 0 Å². The molecule has 5 aromatic rings. The predicted molar refractivity (Wildman–Crippen MR) is 202 cm³/mol. The molecule has 1 aliphatic rings. The first-order valence-corrected chi connectivity index (χ1v) is 19.0. The van der Waals surface area contributed by atoms with Crippen molar-refractivity contribution < 1.29 is 24.4 Å². The van der Waals surface area contributed by atoms with Crippen LogP contribution in [0.15, 0.2) is 66.7 Å². The van der Waals surface area contributed by atoms with Gasteiger partial charge in [0.1, 0.15) is 5.56 Å². The number of nitro benzene ring substituents is 1. The van der Waals surface area contributed by atoms with E-state index >= 15 is 0 Å². The van der Waals surface area contributed by atoms with Crippen LogP contribution in [0.1, 0.15) is 62.7 Å². The molecule has 0 saturated carbocycles. The van der Waals surface area contributed by atoms with Crippen molar-refractivity contribution in [1.29, 1.82) is 0 Å². The summed E-state index contributed by atoms with van der Waals surface area (Å²) in [5.74, 6) is 0.985. The summed E-state index contributed by atoms with van der Waals surface area (Å²) >= 11 is 3.58. The van der Waals surface area contributed by atoms with Gasteiger partial charge < -0.3 is 20.1 Å². The zero-order chi connectivity index (χ0) is 34.5. The molecule has 0 bridgehead atoms. The molecule has 1 heterocycles. The second kappa shape index (κ2) is 15.6. The largest absolute Gasteiger partial charge is 0.504 e. The number of nitrogens with zero attached hydrogens (tertiary/aromatic N) is 2. The van der Waals surface area contributed by atoms with Gasteiger partial charge in [0, 0.05) is 30.1 Å². The fraction of sp³-hybridized carbons (Fsp3) is 0.368. The molecule has 1 aliphatic heterocycles. The predicted octanol–water partition coefficient (Wildman–Crippen LogP) is 9.21. The number of rotatable bonds is 15. The van der Waals surface area contributed by atoms with E-state index in [0.717, 1.165) is 52.3 Å². The number of nitrogens with one attached hydrogen (secondary N) is 1. The Hall–Kier alpha value is -4.22. The summed E-state index contributed by atoms with van der Waals surface area (Å²) in [5.41, 5.74) is 0.284. The molecule has 49 heavy (non-hydrogen) atoms. The number of ether oxygens (including phenoxy) is 1. The molecule has 0 aliphatic carbocycles.